The summed E-state index contributed by atoms with van der Waals surface area (Å²) in [5, 5.41) is 0. The molecule has 1 N–H and O–H groups in total. The van der Waals surface area contributed by atoms with Gasteiger partial charge in [-0.15, -0.1) is 0 Å². The Morgan fingerprint density at radius 3 is 3.10 bits per heavy atom. The average Bonchev–Trinajstić information content (AvgIpc) is 1.97. The third-order valence-corrected chi connectivity index (χ3v) is 2.28. The van der Waals surface area contributed by atoms with Gasteiger partial charge >= 0.3 is 6.09 Å². The SMILES string of the molecule is C=CCOC(=O)N[SiH2]O[SiH3]. The Hall–Kier alpha value is -0.596. The van der Waals surface area contributed by atoms with Crippen LogP contribution in [-0.2, 0) is 8.85 Å². The average molecular weight is 177 g/mol. The van der Waals surface area contributed by atoms with Crippen LogP contribution in [0.5, 0.6) is 0 Å². The van der Waals surface area contributed by atoms with Gasteiger partial charge < -0.3 is 13.8 Å². The Balaban J connectivity index is 3.16. The van der Waals surface area contributed by atoms with Crippen LogP contribution in [0, 0.1) is 0 Å². The molecule has 1 amide bonds. The first kappa shape index (κ1) is 9.40. The fourth-order valence-corrected chi connectivity index (χ4v) is 1.11. The maximum atomic E-state index is 10.5. The molecule has 0 saturated heterocycles. The van der Waals surface area contributed by atoms with Crippen LogP contribution in [0.4, 0.5) is 4.79 Å². The van der Waals surface area contributed by atoms with E-state index in [0.29, 0.717) is 10.5 Å². The summed E-state index contributed by atoms with van der Waals surface area (Å²) in [5.74, 6) is 0. The molecule has 0 rings (SSSR count). The van der Waals surface area contributed by atoms with Gasteiger partial charge in [0.15, 0.2) is 0 Å². The molecule has 0 aromatic carbocycles. The minimum absolute atomic E-state index is 0.251. The topological polar surface area (TPSA) is 47.6 Å². The van der Waals surface area contributed by atoms with Crippen molar-refractivity contribution in [3.8, 4) is 0 Å². The van der Waals surface area contributed by atoms with Gasteiger partial charge in [0, 0.05) is 0 Å². The Morgan fingerprint density at radius 2 is 2.60 bits per heavy atom. The molecule has 0 spiro atoms. The van der Waals surface area contributed by atoms with Gasteiger partial charge in [-0.05, 0) is 0 Å². The first-order valence-corrected chi connectivity index (χ1v) is 4.91. The molecule has 0 unspecified atom stereocenters. The second-order valence-corrected chi connectivity index (χ2v) is 4.45. The molecule has 6 heteroatoms. The van der Waals surface area contributed by atoms with Crippen LogP contribution in [0.3, 0.4) is 0 Å². The molecule has 10 heavy (non-hydrogen) atoms. The summed E-state index contributed by atoms with van der Waals surface area (Å²) < 4.78 is 9.43. The van der Waals surface area contributed by atoms with Gasteiger partial charge in [0.05, 0.1) is 0 Å². The Morgan fingerprint density at radius 1 is 1.90 bits per heavy atom. The van der Waals surface area contributed by atoms with E-state index in [9.17, 15) is 4.79 Å². The third-order valence-electron chi connectivity index (χ3n) is 0.693. The fraction of sp³-hybridized carbons (Fsp3) is 0.250. The number of hydrogen-bond donors (Lipinski definition) is 1. The van der Waals surface area contributed by atoms with Crippen molar-refractivity contribution in [3.05, 3.63) is 12.7 Å². The van der Waals surface area contributed by atoms with Crippen LogP contribution in [0.1, 0.15) is 0 Å². The molecule has 0 radical (unpaired) electrons. The highest BCUT2D eigenvalue weighted by molar-refractivity contribution is 6.35. The van der Waals surface area contributed by atoms with Crippen molar-refractivity contribution in [1.82, 2.24) is 4.98 Å². The molecule has 58 valence electrons. The highest BCUT2D eigenvalue weighted by Gasteiger charge is 1.96. The number of amides is 1. The van der Waals surface area contributed by atoms with E-state index in [1.165, 1.54) is 6.08 Å². The first-order valence-electron chi connectivity index (χ1n) is 2.81. The van der Waals surface area contributed by atoms with E-state index in [1.54, 1.807) is 0 Å². The van der Waals surface area contributed by atoms with E-state index in [2.05, 4.69) is 16.3 Å². The molecule has 0 aromatic heterocycles. The summed E-state index contributed by atoms with van der Waals surface area (Å²) in [6.45, 7) is 3.65. The van der Waals surface area contributed by atoms with Gasteiger partial charge in [-0.3, -0.25) is 0 Å². The van der Waals surface area contributed by atoms with Gasteiger partial charge in [0.1, 0.15) is 17.1 Å². The lowest BCUT2D eigenvalue weighted by Crippen LogP contribution is -2.29. The molecule has 0 aromatic rings. The van der Waals surface area contributed by atoms with Crippen LogP contribution >= 0.6 is 0 Å². The van der Waals surface area contributed by atoms with Crippen molar-refractivity contribution in [2.75, 3.05) is 6.61 Å². The highest BCUT2D eigenvalue weighted by atomic mass is 28.3. The second kappa shape index (κ2) is 6.52. The quantitative estimate of drug-likeness (QED) is 0.407. The van der Waals surface area contributed by atoms with Gasteiger partial charge in [-0.25, -0.2) is 4.79 Å². The standard InChI is InChI=1S/C4H11NO3Si2/c1-2-3-7-4(6)5-10-8-9/h2H,1,3,10H2,9H3,(H,5,6). The first-order chi connectivity index (χ1) is 4.81. The lowest BCUT2D eigenvalue weighted by atomic mass is 10.7. The van der Waals surface area contributed by atoms with Crippen LogP contribution in [0.25, 0.3) is 0 Å². The normalized spacial score (nSPS) is 10.0. The Kier molecular flexibility index (Phi) is 6.13. The summed E-state index contributed by atoms with van der Waals surface area (Å²) in [6.07, 6.45) is 1.10. The molecular weight excluding hydrogens is 166 g/mol. The lowest BCUT2D eigenvalue weighted by molar-refractivity contribution is 0.164. The van der Waals surface area contributed by atoms with Crippen molar-refractivity contribution in [3.63, 3.8) is 0 Å². The molecule has 0 bridgehead atoms. The summed E-state index contributed by atoms with van der Waals surface area (Å²) in [7, 11) is -0.180. The van der Waals surface area contributed by atoms with E-state index < -0.39 is 16.0 Å². The molecular formula is C4H11NO3Si2. The zero-order chi connectivity index (χ0) is 7.82. The number of carbonyl (C=O) groups is 1. The summed E-state index contributed by atoms with van der Waals surface area (Å²) in [5.41, 5.74) is 0. The number of nitrogens with one attached hydrogen (secondary N) is 1. The lowest BCUT2D eigenvalue weighted by Gasteiger charge is -2.01. The molecule has 0 heterocycles. The van der Waals surface area contributed by atoms with Crippen molar-refractivity contribution in [2.24, 2.45) is 0 Å². The van der Waals surface area contributed by atoms with Gasteiger partial charge in [-0.2, -0.15) is 0 Å². The number of carbonyl (C=O) groups excluding carboxylic acids is 1. The summed E-state index contributed by atoms with van der Waals surface area (Å²) in [6, 6.07) is 0. The molecule has 0 aliphatic carbocycles. The highest BCUT2D eigenvalue weighted by Crippen LogP contribution is 1.75. The zero-order valence-corrected chi connectivity index (χ0v) is 9.34. The predicted molar refractivity (Wildman–Crippen MR) is 44.2 cm³/mol. The smallest absolute Gasteiger partial charge is 0.400 e. The van der Waals surface area contributed by atoms with Crippen molar-refractivity contribution in [2.45, 2.75) is 0 Å². The van der Waals surface area contributed by atoms with E-state index in [4.69, 9.17) is 4.12 Å². The molecule has 0 aliphatic heterocycles. The van der Waals surface area contributed by atoms with E-state index in [1.807, 2.05) is 0 Å². The van der Waals surface area contributed by atoms with Gasteiger partial charge in [0.2, 0.25) is 0 Å². The predicted octanol–water partition coefficient (Wildman–Crippen LogP) is -1.81. The molecule has 0 atom stereocenters. The van der Waals surface area contributed by atoms with Crippen LogP contribution in [0.15, 0.2) is 12.7 Å². The van der Waals surface area contributed by atoms with Crippen LogP contribution < -0.4 is 4.98 Å². The minimum atomic E-state index is -0.851. The minimum Gasteiger partial charge on any atom is -0.453 e. The van der Waals surface area contributed by atoms with Crippen LogP contribution in [-0.4, -0.2) is 33.1 Å². The Labute approximate surface area is 65.2 Å². The maximum absolute atomic E-state index is 10.5. The number of ether oxygens (including phenoxy) is 1. The molecule has 0 saturated carbocycles. The summed E-state index contributed by atoms with van der Waals surface area (Å²) in [4.78, 5) is 13.1. The fourth-order valence-electron chi connectivity index (χ4n) is 0.317. The Bertz CT molecular complexity index is 119. The number of hydrogen-bond acceptors (Lipinski definition) is 3. The second-order valence-electron chi connectivity index (χ2n) is 1.50. The number of rotatable bonds is 4. The zero-order valence-electron chi connectivity index (χ0n) is 5.92. The summed E-state index contributed by atoms with van der Waals surface area (Å²) >= 11 is 0. The molecule has 0 fully saturated rings. The van der Waals surface area contributed by atoms with E-state index in [-0.39, 0.29) is 6.61 Å². The van der Waals surface area contributed by atoms with Gasteiger partial charge in [-0.1, -0.05) is 12.7 Å². The van der Waals surface area contributed by atoms with E-state index in [0.717, 1.165) is 0 Å². The van der Waals surface area contributed by atoms with Crippen LogP contribution in [0.2, 0.25) is 0 Å². The maximum Gasteiger partial charge on any atom is 0.400 e. The van der Waals surface area contributed by atoms with E-state index >= 15 is 0 Å². The largest absolute Gasteiger partial charge is 0.453 e. The third kappa shape index (κ3) is 5.54. The van der Waals surface area contributed by atoms with Gasteiger partial charge in [0.25, 0.3) is 9.92 Å². The van der Waals surface area contributed by atoms with Crippen molar-refractivity contribution < 1.29 is 13.6 Å². The molecule has 0 aliphatic rings. The molecule has 4 nitrogen and oxygen atoms in total. The monoisotopic (exact) mass is 177 g/mol. The van der Waals surface area contributed by atoms with Crippen molar-refractivity contribution >= 4 is 26.5 Å². The van der Waals surface area contributed by atoms with Crippen molar-refractivity contribution in [1.29, 1.82) is 0 Å².